The van der Waals surface area contributed by atoms with Gasteiger partial charge in [-0.2, -0.15) is 5.10 Å². The zero-order valence-corrected chi connectivity index (χ0v) is 11.4. The number of hydrogen-bond acceptors (Lipinski definition) is 4. The summed E-state index contributed by atoms with van der Waals surface area (Å²) in [7, 11) is -3.56. The van der Waals surface area contributed by atoms with E-state index in [1.165, 1.54) is 18.6 Å². The number of anilines is 1. The Hall–Kier alpha value is -1.80. The van der Waals surface area contributed by atoms with E-state index in [-0.39, 0.29) is 4.90 Å². The zero-order chi connectivity index (χ0) is 13.7. The van der Waals surface area contributed by atoms with Crippen LogP contribution >= 0.6 is 0 Å². The summed E-state index contributed by atoms with van der Waals surface area (Å²) in [5, 5.41) is 9.43. The first-order valence-corrected chi connectivity index (χ1v) is 7.50. The maximum Gasteiger partial charge on any atom is 0.263 e. The monoisotopic (exact) mass is 283 g/mol. The number of aromatic amines is 2. The fourth-order valence-corrected chi connectivity index (χ4v) is 2.65. The summed E-state index contributed by atoms with van der Waals surface area (Å²) < 4.78 is 26.5. The standard InChI is InChI=1S/C11H17N5O2S/c1-2-3-12-5-9-4-11(8-13-9)19(17,18)16-10-6-14-15-7-10/h4,6-8,12-13,16H,2-3,5H2,1H3,(H,14,15). The second kappa shape index (κ2) is 5.89. The van der Waals surface area contributed by atoms with Gasteiger partial charge < -0.3 is 10.3 Å². The normalized spacial score (nSPS) is 11.6. The SMILES string of the molecule is CCCNCc1cc(S(=O)(=O)Nc2cn[nH]c2)c[nH]1. The van der Waals surface area contributed by atoms with E-state index in [0.29, 0.717) is 12.2 Å². The molecule has 0 saturated heterocycles. The Balaban J connectivity index is 2.04. The molecule has 19 heavy (non-hydrogen) atoms. The van der Waals surface area contributed by atoms with E-state index in [4.69, 9.17) is 0 Å². The minimum absolute atomic E-state index is 0.210. The molecule has 0 fully saturated rings. The molecule has 0 aliphatic rings. The van der Waals surface area contributed by atoms with E-state index in [2.05, 4.69) is 32.1 Å². The van der Waals surface area contributed by atoms with Crippen molar-refractivity contribution in [2.24, 2.45) is 0 Å². The van der Waals surface area contributed by atoms with Crippen molar-refractivity contribution in [1.29, 1.82) is 0 Å². The Morgan fingerprint density at radius 2 is 2.21 bits per heavy atom. The molecule has 7 nitrogen and oxygen atoms in total. The van der Waals surface area contributed by atoms with Gasteiger partial charge in [-0.3, -0.25) is 9.82 Å². The van der Waals surface area contributed by atoms with Crippen molar-refractivity contribution in [1.82, 2.24) is 20.5 Å². The van der Waals surface area contributed by atoms with Gasteiger partial charge in [-0.1, -0.05) is 6.92 Å². The van der Waals surface area contributed by atoms with Gasteiger partial charge in [0.2, 0.25) is 0 Å². The van der Waals surface area contributed by atoms with E-state index in [1.54, 1.807) is 6.07 Å². The van der Waals surface area contributed by atoms with Crippen LogP contribution in [0.25, 0.3) is 0 Å². The number of aromatic nitrogens is 3. The first-order valence-electron chi connectivity index (χ1n) is 6.01. The first-order chi connectivity index (χ1) is 9.12. The summed E-state index contributed by atoms with van der Waals surface area (Å²) in [6.07, 6.45) is 5.40. The molecule has 2 aromatic rings. The van der Waals surface area contributed by atoms with Crippen LogP contribution in [0.15, 0.2) is 29.6 Å². The molecule has 0 amide bonds. The topological polar surface area (TPSA) is 103 Å². The molecule has 0 saturated carbocycles. The molecule has 104 valence electrons. The second-order valence-electron chi connectivity index (χ2n) is 4.13. The van der Waals surface area contributed by atoms with E-state index >= 15 is 0 Å². The van der Waals surface area contributed by atoms with Crippen molar-refractivity contribution < 1.29 is 8.42 Å². The van der Waals surface area contributed by atoms with Gasteiger partial charge in [-0.25, -0.2) is 8.42 Å². The molecular formula is C11H17N5O2S. The number of nitrogens with one attached hydrogen (secondary N) is 4. The summed E-state index contributed by atoms with van der Waals surface area (Å²) in [6, 6.07) is 1.62. The van der Waals surface area contributed by atoms with Gasteiger partial charge in [0.15, 0.2) is 0 Å². The largest absolute Gasteiger partial charge is 0.363 e. The van der Waals surface area contributed by atoms with Crippen molar-refractivity contribution in [3.05, 3.63) is 30.4 Å². The third-order valence-corrected chi connectivity index (χ3v) is 3.88. The molecule has 2 heterocycles. The highest BCUT2D eigenvalue weighted by Crippen LogP contribution is 2.15. The number of hydrogen-bond donors (Lipinski definition) is 4. The highest BCUT2D eigenvalue weighted by molar-refractivity contribution is 7.92. The van der Waals surface area contributed by atoms with Crippen LogP contribution in [-0.2, 0) is 16.6 Å². The lowest BCUT2D eigenvalue weighted by Crippen LogP contribution is -2.14. The lowest BCUT2D eigenvalue weighted by atomic mass is 10.4. The van der Waals surface area contributed by atoms with Crippen LogP contribution in [0.1, 0.15) is 19.0 Å². The van der Waals surface area contributed by atoms with Crippen molar-refractivity contribution >= 4 is 15.7 Å². The quantitative estimate of drug-likeness (QED) is 0.570. The molecule has 2 aromatic heterocycles. The molecule has 8 heteroatoms. The van der Waals surface area contributed by atoms with Gasteiger partial charge in [-0.05, 0) is 19.0 Å². The maximum absolute atomic E-state index is 12.0. The van der Waals surface area contributed by atoms with Crippen molar-refractivity contribution in [3.8, 4) is 0 Å². The van der Waals surface area contributed by atoms with Crippen molar-refractivity contribution in [2.75, 3.05) is 11.3 Å². The number of rotatable bonds is 7. The number of nitrogens with zero attached hydrogens (tertiary/aromatic N) is 1. The maximum atomic E-state index is 12.0. The van der Waals surface area contributed by atoms with Crippen LogP contribution in [0.5, 0.6) is 0 Å². The molecule has 0 aliphatic carbocycles. The summed E-state index contributed by atoms with van der Waals surface area (Å²) in [5.74, 6) is 0. The Morgan fingerprint density at radius 1 is 1.37 bits per heavy atom. The van der Waals surface area contributed by atoms with Crippen molar-refractivity contribution in [3.63, 3.8) is 0 Å². The third-order valence-electron chi connectivity index (χ3n) is 2.52. The van der Waals surface area contributed by atoms with Crippen LogP contribution < -0.4 is 10.0 Å². The smallest absolute Gasteiger partial charge is 0.263 e. The molecular weight excluding hydrogens is 266 g/mol. The number of sulfonamides is 1. The lowest BCUT2D eigenvalue weighted by Gasteiger charge is -2.02. The average Bonchev–Trinajstić information content (AvgIpc) is 3.00. The van der Waals surface area contributed by atoms with E-state index < -0.39 is 10.0 Å². The Bertz CT molecular complexity index is 603. The third kappa shape index (κ3) is 3.58. The molecule has 0 bridgehead atoms. The summed E-state index contributed by atoms with van der Waals surface area (Å²) in [6.45, 7) is 3.59. The predicted molar refractivity (Wildman–Crippen MR) is 72.2 cm³/mol. The van der Waals surface area contributed by atoms with Crippen LogP contribution in [-0.4, -0.2) is 30.1 Å². The highest BCUT2D eigenvalue weighted by atomic mass is 32.2. The van der Waals surface area contributed by atoms with Crippen LogP contribution in [0.3, 0.4) is 0 Å². The summed E-state index contributed by atoms with van der Waals surface area (Å²) in [5.41, 5.74) is 1.24. The van der Waals surface area contributed by atoms with E-state index in [0.717, 1.165) is 18.7 Å². The summed E-state index contributed by atoms with van der Waals surface area (Å²) in [4.78, 5) is 3.16. The second-order valence-corrected chi connectivity index (χ2v) is 5.81. The van der Waals surface area contributed by atoms with Gasteiger partial charge in [0.05, 0.1) is 11.9 Å². The molecule has 0 aliphatic heterocycles. The van der Waals surface area contributed by atoms with E-state index in [1.807, 2.05) is 0 Å². The fraction of sp³-hybridized carbons (Fsp3) is 0.364. The lowest BCUT2D eigenvalue weighted by molar-refractivity contribution is 0.601. The van der Waals surface area contributed by atoms with Gasteiger partial charge in [0, 0.05) is 24.6 Å². The molecule has 0 spiro atoms. The Labute approximate surface area is 111 Å². The molecule has 0 atom stereocenters. The summed E-state index contributed by atoms with van der Waals surface area (Å²) >= 11 is 0. The average molecular weight is 283 g/mol. The minimum Gasteiger partial charge on any atom is -0.363 e. The van der Waals surface area contributed by atoms with Crippen LogP contribution in [0.4, 0.5) is 5.69 Å². The van der Waals surface area contributed by atoms with E-state index in [9.17, 15) is 8.42 Å². The molecule has 2 rings (SSSR count). The fourth-order valence-electron chi connectivity index (χ4n) is 1.60. The molecule has 4 N–H and O–H groups in total. The van der Waals surface area contributed by atoms with Gasteiger partial charge in [0.25, 0.3) is 10.0 Å². The highest BCUT2D eigenvalue weighted by Gasteiger charge is 2.16. The first kappa shape index (κ1) is 13.6. The number of H-pyrrole nitrogens is 2. The molecule has 0 aromatic carbocycles. The van der Waals surface area contributed by atoms with Gasteiger partial charge >= 0.3 is 0 Å². The Kier molecular flexibility index (Phi) is 4.23. The minimum atomic E-state index is -3.56. The van der Waals surface area contributed by atoms with Gasteiger partial charge in [0.1, 0.15) is 4.90 Å². The van der Waals surface area contributed by atoms with Crippen LogP contribution in [0.2, 0.25) is 0 Å². The molecule has 0 radical (unpaired) electrons. The van der Waals surface area contributed by atoms with Crippen molar-refractivity contribution in [2.45, 2.75) is 24.8 Å². The molecule has 0 unspecified atom stereocenters. The predicted octanol–water partition coefficient (Wildman–Crippen LogP) is 1.04. The van der Waals surface area contributed by atoms with Gasteiger partial charge in [-0.15, -0.1) is 0 Å². The zero-order valence-electron chi connectivity index (χ0n) is 10.6. The van der Waals surface area contributed by atoms with Crippen LogP contribution in [0, 0.1) is 0 Å². The Morgan fingerprint density at radius 3 is 2.89 bits per heavy atom.